The molecule has 19 heavy (non-hydrogen) atoms. The number of hydrogen-bond acceptors (Lipinski definition) is 4. The third-order valence-corrected chi connectivity index (χ3v) is 3.29. The monoisotopic (exact) mass is 290 g/mol. The van der Waals surface area contributed by atoms with E-state index in [-0.39, 0.29) is 11.5 Å². The Bertz CT molecular complexity index is 524. The van der Waals surface area contributed by atoms with Gasteiger partial charge in [-0.1, -0.05) is 17.7 Å². The van der Waals surface area contributed by atoms with Crippen LogP contribution >= 0.6 is 0 Å². The maximum Gasteiger partial charge on any atom is 0.329 e. The number of ether oxygens (including phenoxy) is 1. The number of benzene rings is 1. The van der Waals surface area contributed by atoms with E-state index in [4.69, 9.17) is 9.66 Å². The van der Waals surface area contributed by atoms with Crippen LogP contribution in [-0.4, -0.2) is 37.8 Å². The summed E-state index contributed by atoms with van der Waals surface area (Å²) in [5.74, 6) is -0.933. The Labute approximate surface area is 112 Å². The summed E-state index contributed by atoms with van der Waals surface area (Å²) in [6, 6.07) is 3.46. The molecule has 1 rings (SSSR count). The molecule has 0 heterocycles. The second-order valence-electron chi connectivity index (χ2n) is 4.03. The van der Waals surface area contributed by atoms with E-state index in [1.807, 2.05) is 6.92 Å². The van der Waals surface area contributed by atoms with Crippen molar-refractivity contribution in [3.8, 4) is 0 Å². The Morgan fingerprint density at radius 1 is 1.21 bits per heavy atom. The molecule has 0 radical (unpaired) electrons. The molecule has 6 nitrogen and oxygen atoms in total. The molecule has 2 N–H and O–H groups in total. The summed E-state index contributed by atoms with van der Waals surface area (Å²) < 4.78 is 35.0. The van der Waals surface area contributed by atoms with Crippen LogP contribution in [0.3, 0.4) is 0 Å². The van der Waals surface area contributed by atoms with Gasteiger partial charge in [-0.3, -0.25) is 4.55 Å². The maximum absolute atomic E-state index is 10.9. The Balaban J connectivity index is 0.000000459. The van der Waals surface area contributed by atoms with E-state index in [0.29, 0.717) is 11.1 Å². The second kappa shape index (κ2) is 7.22. The SMILES string of the molecule is COCC(=O)O.Cc1cc(C)c(S(=O)(=O)O)c(C)c1. The number of hydrogen-bond donors (Lipinski definition) is 2. The van der Waals surface area contributed by atoms with Gasteiger partial charge in [0, 0.05) is 7.11 Å². The number of carboxylic acid groups (broad SMARTS) is 1. The van der Waals surface area contributed by atoms with Gasteiger partial charge in [-0.25, -0.2) is 4.79 Å². The lowest BCUT2D eigenvalue weighted by Gasteiger charge is -2.07. The lowest BCUT2D eigenvalue weighted by molar-refractivity contribution is -0.141. The van der Waals surface area contributed by atoms with Crippen LogP contribution in [0.15, 0.2) is 17.0 Å². The fourth-order valence-corrected chi connectivity index (χ4v) is 2.63. The van der Waals surface area contributed by atoms with Gasteiger partial charge in [0.05, 0.1) is 4.90 Å². The summed E-state index contributed by atoms with van der Waals surface area (Å²) in [5, 5.41) is 7.79. The molecule has 0 unspecified atom stereocenters. The van der Waals surface area contributed by atoms with E-state index >= 15 is 0 Å². The minimum atomic E-state index is -4.08. The fourth-order valence-electron chi connectivity index (χ4n) is 1.70. The molecule has 7 heteroatoms. The maximum atomic E-state index is 10.9. The van der Waals surface area contributed by atoms with Gasteiger partial charge in [-0.05, 0) is 31.9 Å². The highest BCUT2D eigenvalue weighted by atomic mass is 32.2. The standard InChI is InChI=1S/C9H12O3S.C3H6O3/c1-6-4-7(2)9(8(3)5-6)13(10,11)12;1-6-2-3(4)5/h4-5H,1-3H3,(H,10,11,12);2H2,1H3,(H,4,5). The van der Waals surface area contributed by atoms with Crippen LogP contribution in [0.1, 0.15) is 16.7 Å². The van der Waals surface area contributed by atoms with Crippen molar-refractivity contribution in [3.63, 3.8) is 0 Å². The molecule has 0 aliphatic carbocycles. The first-order valence-electron chi connectivity index (χ1n) is 5.35. The molecular formula is C12H18O6S. The predicted octanol–water partition coefficient (Wildman–Crippen LogP) is 1.58. The second-order valence-corrected chi connectivity index (χ2v) is 5.39. The smallest absolute Gasteiger partial charge is 0.329 e. The highest BCUT2D eigenvalue weighted by molar-refractivity contribution is 7.86. The topological polar surface area (TPSA) is 101 Å². The first kappa shape index (κ1) is 17.6. The van der Waals surface area contributed by atoms with Crippen LogP contribution in [0.4, 0.5) is 0 Å². The molecule has 0 aromatic heterocycles. The quantitative estimate of drug-likeness (QED) is 0.819. The van der Waals surface area contributed by atoms with Gasteiger partial charge >= 0.3 is 5.97 Å². The van der Waals surface area contributed by atoms with Gasteiger partial charge in [-0.2, -0.15) is 8.42 Å². The molecule has 0 spiro atoms. The van der Waals surface area contributed by atoms with Crippen LogP contribution in [-0.2, 0) is 19.6 Å². The molecule has 108 valence electrons. The molecule has 0 saturated carbocycles. The van der Waals surface area contributed by atoms with E-state index in [0.717, 1.165) is 5.56 Å². The van der Waals surface area contributed by atoms with E-state index in [1.54, 1.807) is 26.0 Å². The van der Waals surface area contributed by atoms with Crippen molar-refractivity contribution >= 4 is 16.1 Å². The average molecular weight is 290 g/mol. The third-order valence-electron chi connectivity index (χ3n) is 2.13. The lowest BCUT2D eigenvalue weighted by Crippen LogP contribution is -2.04. The van der Waals surface area contributed by atoms with Gasteiger partial charge < -0.3 is 9.84 Å². The van der Waals surface area contributed by atoms with Gasteiger partial charge in [0.1, 0.15) is 6.61 Å². The minimum absolute atomic E-state index is 0.0260. The van der Waals surface area contributed by atoms with Crippen molar-refractivity contribution in [2.75, 3.05) is 13.7 Å². The summed E-state index contributed by atoms with van der Waals surface area (Å²) in [5.41, 5.74) is 2.16. The molecule has 0 amide bonds. The largest absolute Gasteiger partial charge is 0.480 e. The van der Waals surface area contributed by atoms with Crippen LogP contribution in [0.2, 0.25) is 0 Å². The number of rotatable bonds is 3. The summed E-state index contributed by atoms with van der Waals surface area (Å²) >= 11 is 0. The molecular weight excluding hydrogens is 272 g/mol. The molecule has 1 aromatic rings. The van der Waals surface area contributed by atoms with Crippen LogP contribution in [0, 0.1) is 20.8 Å². The zero-order valence-electron chi connectivity index (χ0n) is 11.3. The Morgan fingerprint density at radius 2 is 1.63 bits per heavy atom. The van der Waals surface area contributed by atoms with Crippen molar-refractivity contribution in [1.29, 1.82) is 0 Å². The van der Waals surface area contributed by atoms with Crippen molar-refractivity contribution in [1.82, 2.24) is 0 Å². The highest BCUT2D eigenvalue weighted by Crippen LogP contribution is 2.20. The lowest BCUT2D eigenvalue weighted by atomic mass is 10.1. The van der Waals surface area contributed by atoms with Crippen molar-refractivity contribution in [2.45, 2.75) is 25.7 Å². The normalized spacial score (nSPS) is 10.6. The summed E-state index contributed by atoms with van der Waals surface area (Å²) in [4.78, 5) is 9.50. The van der Waals surface area contributed by atoms with E-state index < -0.39 is 16.1 Å². The Kier molecular flexibility index (Phi) is 6.68. The number of methoxy groups -OCH3 is 1. The Hall–Kier alpha value is -1.44. The molecule has 1 aromatic carbocycles. The van der Waals surface area contributed by atoms with E-state index in [2.05, 4.69) is 4.74 Å². The minimum Gasteiger partial charge on any atom is -0.480 e. The van der Waals surface area contributed by atoms with Gasteiger partial charge in [-0.15, -0.1) is 0 Å². The predicted molar refractivity (Wildman–Crippen MR) is 70.0 cm³/mol. The van der Waals surface area contributed by atoms with Crippen molar-refractivity contribution in [3.05, 3.63) is 28.8 Å². The first-order chi connectivity index (χ1) is 8.59. The Morgan fingerprint density at radius 3 is 1.84 bits per heavy atom. The number of aryl methyl sites for hydroxylation is 3. The van der Waals surface area contributed by atoms with Crippen LogP contribution < -0.4 is 0 Å². The van der Waals surface area contributed by atoms with Gasteiger partial charge in [0.2, 0.25) is 0 Å². The van der Waals surface area contributed by atoms with Crippen LogP contribution in [0.5, 0.6) is 0 Å². The number of aliphatic carboxylic acids is 1. The summed E-state index contributed by atoms with van der Waals surface area (Å²) in [6.07, 6.45) is 0. The zero-order chi connectivity index (χ0) is 15.2. The van der Waals surface area contributed by atoms with Gasteiger partial charge in [0.15, 0.2) is 0 Å². The summed E-state index contributed by atoms with van der Waals surface area (Å²) in [6.45, 7) is 5.01. The number of carbonyl (C=O) groups is 1. The number of carboxylic acids is 1. The third kappa shape index (κ3) is 6.32. The first-order valence-corrected chi connectivity index (χ1v) is 6.79. The van der Waals surface area contributed by atoms with E-state index in [1.165, 1.54) is 7.11 Å². The molecule has 0 atom stereocenters. The molecule has 0 aliphatic rings. The van der Waals surface area contributed by atoms with Crippen molar-refractivity contribution in [2.24, 2.45) is 0 Å². The molecule has 0 aliphatic heterocycles. The van der Waals surface area contributed by atoms with Crippen LogP contribution in [0.25, 0.3) is 0 Å². The molecule has 0 bridgehead atoms. The van der Waals surface area contributed by atoms with Crippen molar-refractivity contribution < 1.29 is 27.6 Å². The zero-order valence-corrected chi connectivity index (χ0v) is 12.1. The van der Waals surface area contributed by atoms with Gasteiger partial charge in [0.25, 0.3) is 10.1 Å². The highest BCUT2D eigenvalue weighted by Gasteiger charge is 2.15. The fraction of sp³-hybridized carbons (Fsp3) is 0.417. The molecule has 0 fully saturated rings. The molecule has 0 saturated heterocycles. The average Bonchev–Trinajstić information content (AvgIpc) is 2.13. The van der Waals surface area contributed by atoms with E-state index in [9.17, 15) is 13.2 Å². The summed E-state index contributed by atoms with van der Waals surface area (Å²) in [7, 11) is -2.74.